The Kier molecular flexibility index (Phi) is 5.80. The third kappa shape index (κ3) is 4.58. The lowest BCUT2D eigenvalue weighted by molar-refractivity contribution is -0.113. The summed E-state index contributed by atoms with van der Waals surface area (Å²) < 4.78 is 18.4. The number of para-hydroxylation sites is 1. The second-order valence-corrected chi connectivity index (χ2v) is 6.30. The van der Waals surface area contributed by atoms with Gasteiger partial charge in [-0.05, 0) is 42.5 Å². The van der Waals surface area contributed by atoms with Crippen molar-refractivity contribution >= 4 is 23.4 Å². The molecule has 2 aromatic carbocycles. The van der Waals surface area contributed by atoms with Crippen LogP contribution in [0.1, 0.15) is 0 Å². The van der Waals surface area contributed by atoms with Crippen molar-refractivity contribution in [3.63, 3.8) is 0 Å². The number of carbonyl (C=O) groups excluding carboxylic acids is 1. The van der Waals surface area contributed by atoms with Gasteiger partial charge < -0.3 is 10.1 Å². The molecule has 0 bridgehead atoms. The van der Waals surface area contributed by atoms with Crippen LogP contribution in [0.3, 0.4) is 0 Å². The van der Waals surface area contributed by atoms with Crippen LogP contribution in [0.15, 0.2) is 65.7 Å². The fourth-order valence-corrected chi connectivity index (χ4v) is 2.91. The van der Waals surface area contributed by atoms with E-state index in [4.69, 9.17) is 4.74 Å². The Hall–Kier alpha value is -2.93. The number of amides is 1. The minimum absolute atomic E-state index is 0.152. The molecule has 0 aliphatic heterocycles. The van der Waals surface area contributed by atoms with Crippen LogP contribution in [-0.2, 0) is 4.79 Å². The van der Waals surface area contributed by atoms with E-state index in [0.29, 0.717) is 16.4 Å². The quantitative estimate of drug-likeness (QED) is 0.665. The molecule has 0 saturated heterocycles. The molecule has 132 valence electrons. The van der Waals surface area contributed by atoms with Crippen molar-refractivity contribution in [1.29, 1.82) is 0 Å². The fraction of sp³-hybridized carbons (Fsp3) is 0.105. The van der Waals surface area contributed by atoms with Gasteiger partial charge in [0.25, 0.3) is 0 Å². The van der Waals surface area contributed by atoms with E-state index >= 15 is 0 Å². The summed E-state index contributed by atoms with van der Waals surface area (Å²) in [5.41, 5.74) is 1.96. The van der Waals surface area contributed by atoms with Crippen LogP contribution in [0.25, 0.3) is 11.3 Å². The molecule has 0 atom stereocenters. The first-order valence-corrected chi connectivity index (χ1v) is 8.79. The second-order valence-electron chi connectivity index (χ2n) is 5.30. The lowest BCUT2D eigenvalue weighted by Crippen LogP contribution is -2.14. The van der Waals surface area contributed by atoms with Gasteiger partial charge in [-0.3, -0.25) is 4.79 Å². The number of methoxy groups -OCH3 is 1. The molecular weight excluding hydrogens is 353 g/mol. The molecule has 5 nitrogen and oxygen atoms in total. The highest BCUT2D eigenvalue weighted by atomic mass is 32.2. The van der Waals surface area contributed by atoms with Crippen LogP contribution in [0.2, 0.25) is 0 Å². The first-order valence-electron chi connectivity index (χ1n) is 7.81. The molecule has 0 radical (unpaired) electrons. The van der Waals surface area contributed by atoms with Crippen LogP contribution in [0, 0.1) is 5.82 Å². The molecule has 7 heteroatoms. The molecule has 0 fully saturated rings. The molecule has 0 aliphatic rings. The predicted octanol–water partition coefficient (Wildman–Crippen LogP) is 4.02. The normalized spacial score (nSPS) is 10.4. The number of aromatic nitrogens is 2. The molecule has 1 N–H and O–H groups in total. The smallest absolute Gasteiger partial charge is 0.234 e. The average molecular weight is 369 g/mol. The summed E-state index contributed by atoms with van der Waals surface area (Å²) >= 11 is 1.26. The SMILES string of the molecule is COc1ccccc1-c1ccc(SCC(=O)Nc2cccc(F)c2)nn1. The molecule has 0 saturated carbocycles. The summed E-state index contributed by atoms with van der Waals surface area (Å²) in [6, 6.07) is 16.9. The highest BCUT2D eigenvalue weighted by Gasteiger charge is 2.09. The Morgan fingerprint density at radius 3 is 2.69 bits per heavy atom. The number of ether oxygens (including phenoxy) is 1. The Bertz CT molecular complexity index is 903. The third-order valence-corrected chi connectivity index (χ3v) is 4.40. The number of rotatable bonds is 6. The van der Waals surface area contributed by atoms with Crippen molar-refractivity contribution in [2.24, 2.45) is 0 Å². The number of carbonyl (C=O) groups is 1. The van der Waals surface area contributed by atoms with Crippen LogP contribution in [0.5, 0.6) is 5.75 Å². The number of nitrogens with one attached hydrogen (secondary N) is 1. The van der Waals surface area contributed by atoms with Crippen molar-refractivity contribution in [1.82, 2.24) is 10.2 Å². The average Bonchev–Trinajstić information content (AvgIpc) is 2.67. The predicted molar refractivity (Wildman–Crippen MR) is 99.8 cm³/mol. The monoisotopic (exact) mass is 369 g/mol. The lowest BCUT2D eigenvalue weighted by Gasteiger charge is -2.07. The maximum atomic E-state index is 13.1. The highest BCUT2D eigenvalue weighted by Crippen LogP contribution is 2.28. The molecule has 26 heavy (non-hydrogen) atoms. The van der Waals surface area contributed by atoms with Crippen molar-refractivity contribution in [2.45, 2.75) is 5.03 Å². The maximum Gasteiger partial charge on any atom is 0.234 e. The molecule has 1 aromatic heterocycles. The molecule has 1 amide bonds. The minimum Gasteiger partial charge on any atom is -0.496 e. The van der Waals surface area contributed by atoms with Gasteiger partial charge in [0, 0.05) is 11.3 Å². The summed E-state index contributed by atoms with van der Waals surface area (Å²) in [5, 5.41) is 11.6. The fourth-order valence-electron chi connectivity index (χ4n) is 2.30. The Labute approximate surface area is 154 Å². The van der Waals surface area contributed by atoms with Crippen molar-refractivity contribution in [3.05, 3.63) is 66.5 Å². The first-order chi connectivity index (χ1) is 12.7. The van der Waals surface area contributed by atoms with Gasteiger partial charge in [-0.25, -0.2) is 4.39 Å². The van der Waals surface area contributed by atoms with Gasteiger partial charge in [0.1, 0.15) is 16.6 Å². The molecule has 0 unspecified atom stereocenters. The second kappa shape index (κ2) is 8.44. The van der Waals surface area contributed by atoms with E-state index in [1.807, 2.05) is 30.3 Å². The van der Waals surface area contributed by atoms with E-state index in [2.05, 4.69) is 15.5 Å². The highest BCUT2D eigenvalue weighted by molar-refractivity contribution is 7.99. The van der Waals surface area contributed by atoms with Crippen molar-refractivity contribution in [3.8, 4) is 17.0 Å². The lowest BCUT2D eigenvalue weighted by atomic mass is 10.1. The zero-order valence-electron chi connectivity index (χ0n) is 14.0. The zero-order valence-corrected chi connectivity index (χ0v) is 14.8. The van der Waals surface area contributed by atoms with Gasteiger partial charge in [-0.2, -0.15) is 0 Å². The number of hydrogen-bond acceptors (Lipinski definition) is 5. The standard InChI is InChI=1S/C19H16FN3O2S/c1-25-17-8-3-2-7-15(17)16-9-10-19(23-22-16)26-12-18(24)21-14-6-4-5-13(20)11-14/h2-11H,12H2,1H3,(H,21,24). The zero-order chi connectivity index (χ0) is 18.4. The van der Waals surface area contributed by atoms with E-state index in [1.54, 1.807) is 25.3 Å². The molecule has 0 aliphatic carbocycles. The summed E-state index contributed by atoms with van der Waals surface area (Å²) in [4.78, 5) is 11.9. The van der Waals surface area contributed by atoms with Crippen molar-refractivity contribution in [2.75, 3.05) is 18.2 Å². The van der Waals surface area contributed by atoms with Crippen LogP contribution in [0.4, 0.5) is 10.1 Å². The number of thioether (sulfide) groups is 1. The van der Waals surface area contributed by atoms with Crippen molar-refractivity contribution < 1.29 is 13.9 Å². The molecular formula is C19H16FN3O2S. The molecule has 3 aromatic rings. The van der Waals surface area contributed by atoms with Crippen LogP contribution < -0.4 is 10.1 Å². The first kappa shape index (κ1) is 17.9. The van der Waals surface area contributed by atoms with Crippen LogP contribution in [-0.4, -0.2) is 29.0 Å². The molecule has 0 spiro atoms. The third-order valence-electron chi connectivity index (χ3n) is 3.48. The summed E-state index contributed by atoms with van der Waals surface area (Å²) in [6.07, 6.45) is 0. The molecule has 1 heterocycles. The van der Waals surface area contributed by atoms with Gasteiger partial charge in [0.2, 0.25) is 5.91 Å². The van der Waals surface area contributed by atoms with E-state index in [9.17, 15) is 9.18 Å². The number of hydrogen-bond donors (Lipinski definition) is 1. The van der Waals surface area contributed by atoms with E-state index < -0.39 is 5.82 Å². The Morgan fingerprint density at radius 2 is 1.96 bits per heavy atom. The van der Waals surface area contributed by atoms with Gasteiger partial charge in [-0.15, -0.1) is 10.2 Å². The minimum atomic E-state index is -0.395. The van der Waals surface area contributed by atoms with Gasteiger partial charge >= 0.3 is 0 Å². The summed E-state index contributed by atoms with van der Waals surface area (Å²) in [6.45, 7) is 0. The Balaban J connectivity index is 1.60. The largest absolute Gasteiger partial charge is 0.496 e. The number of benzene rings is 2. The van der Waals surface area contributed by atoms with Gasteiger partial charge in [0.05, 0.1) is 18.6 Å². The van der Waals surface area contributed by atoms with E-state index in [-0.39, 0.29) is 11.7 Å². The summed E-state index contributed by atoms with van der Waals surface area (Å²) in [7, 11) is 1.60. The molecule has 3 rings (SSSR count). The van der Waals surface area contributed by atoms with Gasteiger partial charge in [0.15, 0.2) is 0 Å². The van der Waals surface area contributed by atoms with E-state index in [1.165, 1.54) is 23.9 Å². The number of nitrogens with zero attached hydrogens (tertiary/aromatic N) is 2. The topological polar surface area (TPSA) is 64.1 Å². The Morgan fingerprint density at radius 1 is 1.12 bits per heavy atom. The number of anilines is 1. The van der Waals surface area contributed by atoms with Gasteiger partial charge in [-0.1, -0.05) is 30.0 Å². The number of halogens is 1. The summed E-state index contributed by atoms with van der Waals surface area (Å²) in [5.74, 6) is 0.236. The van der Waals surface area contributed by atoms with Crippen LogP contribution >= 0.6 is 11.8 Å². The maximum absolute atomic E-state index is 13.1. The van der Waals surface area contributed by atoms with E-state index in [0.717, 1.165) is 11.3 Å².